The number of hydrogen-bond acceptors (Lipinski definition) is 3. The summed E-state index contributed by atoms with van der Waals surface area (Å²) in [7, 11) is 0. The van der Waals surface area contributed by atoms with E-state index in [1.165, 1.54) is 5.56 Å². The summed E-state index contributed by atoms with van der Waals surface area (Å²) in [6.07, 6.45) is 1.79. The largest absolute Gasteiger partial charge is 0.438 e. The second-order valence-electron chi connectivity index (χ2n) is 4.24. The zero-order valence-electron chi connectivity index (χ0n) is 11.1. The molecule has 0 saturated carbocycles. The molecule has 1 unspecified atom stereocenters. The van der Waals surface area contributed by atoms with Crippen molar-refractivity contribution < 1.29 is 4.74 Å². The molecule has 3 nitrogen and oxygen atoms in total. The van der Waals surface area contributed by atoms with E-state index in [0.717, 1.165) is 15.9 Å². The molecule has 0 aliphatic heterocycles. The standard InChI is InChI=1S/C15H17IN2O/c1-3-17-11(2)12-8-9-18-15(10-12)19-14-7-5-4-6-13(14)16/h4-11,17H,3H2,1-2H3. The van der Waals surface area contributed by atoms with Crippen molar-refractivity contribution in [2.45, 2.75) is 19.9 Å². The molecule has 1 aromatic heterocycles. The van der Waals surface area contributed by atoms with Crippen LogP contribution in [0.1, 0.15) is 25.5 Å². The number of rotatable bonds is 5. The monoisotopic (exact) mass is 368 g/mol. The number of para-hydroxylation sites is 1. The highest BCUT2D eigenvalue weighted by atomic mass is 127. The van der Waals surface area contributed by atoms with E-state index in [2.05, 4.69) is 46.7 Å². The third-order valence-corrected chi connectivity index (χ3v) is 3.71. The topological polar surface area (TPSA) is 34.2 Å². The van der Waals surface area contributed by atoms with Crippen LogP contribution in [0.25, 0.3) is 0 Å². The molecule has 2 rings (SSSR count). The molecule has 0 saturated heterocycles. The number of halogens is 1. The van der Waals surface area contributed by atoms with Crippen LogP contribution >= 0.6 is 22.6 Å². The van der Waals surface area contributed by atoms with E-state index in [1.807, 2.05) is 36.4 Å². The maximum atomic E-state index is 5.83. The fraction of sp³-hybridized carbons (Fsp3) is 0.267. The number of hydrogen-bond donors (Lipinski definition) is 1. The molecule has 1 aromatic carbocycles. The van der Waals surface area contributed by atoms with Gasteiger partial charge in [-0.1, -0.05) is 19.1 Å². The van der Waals surface area contributed by atoms with Crippen LogP contribution in [0.5, 0.6) is 11.6 Å². The van der Waals surface area contributed by atoms with Crippen LogP contribution in [0.2, 0.25) is 0 Å². The molecule has 4 heteroatoms. The summed E-state index contributed by atoms with van der Waals surface area (Å²) in [6.45, 7) is 5.17. The van der Waals surface area contributed by atoms with Crippen molar-refractivity contribution in [1.29, 1.82) is 0 Å². The van der Waals surface area contributed by atoms with Gasteiger partial charge in [-0.25, -0.2) is 4.98 Å². The number of nitrogens with one attached hydrogen (secondary N) is 1. The molecule has 2 aromatic rings. The Morgan fingerprint density at radius 1 is 1.32 bits per heavy atom. The SMILES string of the molecule is CCNC(C)c1ccnc(Oc2ccccc2I)c1. The first kappa shape index (κ1) is 14.3. The van der Waals surface area contributed by atoms with Crippen LogP contribution in [-0.4, -0.2) is 11.5 Å². The van der Waals surface area contributed by atoms with Crippen molar-refractivity contribution in [2.24, 2.45) is 0 Å². The van der Waals surface area contributed by atoms with E-state index < -0.39 is 0 Å². The fourth-order valence-corrected chi connectivity index (χ4v) is 2.31. The minimum atomic E-state index is 0.296. The van der Waals surface area contributed by atoms with Gasteiger partial charge in [0.1, 0.15) is 5.75 Å². The van der Waals surface area contributed by atoms with Gasteiger partial charge in [-0.3, -0.25) is 0 Å². The maximum Gasteiger partial charge on any atom is 0.219 e. The van der Waals surface area contributed by atoms with Gasteiger partial charge in [-0.15, -0.1) is 0 Å². The Kier molecular flexibility index (Phi) is 5.15. The molecule has 0 amide bonds. The third kappa shape index (κ3) is 3.91. The van der Waals surface area contributed by atoms with E-state index >= 15 is 0 Å². The van der Waals surface area contributed by atoms with E-state index in [0.29, 0.717) is 11.9 Å². The van der Waals surface area contributed by atoms with Crippen molar-refractivity contribution in [2.75, 3.05) is 6.54 Å². The summed E-state index contributed by atoms with van der Waals surface area (Å²) >= 11 is 2.26. The average molecular weight is 368 g/mol. The Labute approximate surface area is 127 Å². The molecule has 0 spiro atoms. The Morgan fingerprint density at radius 3 is 2.84 bits per heavy atom. The van der Waals surface area contributed by atoms with Crippen LogP contribution in [-0.2, 0) is 0 Å². The Balaban J connectivity index is 2.18. The molecule has 0 radical (unpaired) electrons. The summed E-state index contributed by atoms with van der Waals surface area (Å²) in [4.78, 5) is 4.26. The minimum absolute atomic E-state index is 0.296. The predicted octanol–water partition coefficient (Wildman–Crippen LogP) is 4.15. The number of pyridine rings is 1. The van der Waals surface area contributed by atoms with E-state index in [4.69, 9.17) is 4.74 Å². The third-order valence-electron chi connectivity index (χ3n) is 2.82. The quantitative estimate of drug-likeness (QED) is 0.806. The first-order valence-electron chi connectivity index (χ1n) is 6.32. The summed E-state index contributed by atoms with van der Waals surface area (Å²) in [6, 6.07) is 12.2. The van der Waals surface area contributed by atoms with Gasteiger partial charge >= 0.3 is 0 Å². The van der Waals surface area contributed by atoms with Crippen molar-refractivity contribution >= 4 is 22.6 Å². The summed E-state index contributed by atoms with van der Waals surface area (Å²) in [5.41, 5.74) is 1.18. The molecule has 1 atom stereocenters. The highest BCUT2D eigenvalue weighted by molar-refractivity contribution is 14.1. The molecule has 0 aliphatic carbocycles. The summed E-state index contributed by atoms with van der Waals surface area (Å²) < 4.78 is 6.91. The molecular weight excluding hydrogens is 351 g/mol. The molecule has 19 heavy (non-hydrogen) atoms. The molecule has 100 valence electrons. The molecule has 1 N–H and O–H groups in total. The van der Waals surface area contributed by atoms with E-state index in [9.17, 15) is 0 Å². The van der Waals surface area contributed by atoms with Crippen molar-refractivity contribution in [1.82, 2.24) is 10.3 Å². The molecular formula is C15H17IN2O. The second kappa shape index (κ2) is 6.86. The summed E-state index contributed by atoms with van der Waals surface area (Å²) in [5.74, 6) is 1.47. The fourth-order valence-electron chi connectivity index (χ4n) is 1.81. The van der Waals surface area contributed by atoms with Gasteiger partial charge in [0.2, 0.25) is 5.88 Å². The lowest BCUT2D eigenvalue weighted by molar-refractivity contribution is 0.457. The Morgan fingerprint density at radius 2 is 2.11 bits per heavy atom. The van der Waals surface area contributed by atoms with Gasteiger partial charge in [0.15, 0.2) is 0 Å². The van der Waals surface area contributed by atoms with Crippen LogP contribution in [0, 0.1) is 3.57 Å². The predicted molar refractivity (Wildman–Crippen MR) is 85.6 cm³/mol. The zero-order chi connectivity index (χ0) is 13.7. The lowest BCUT2D eigenvalue weighted by Crippen LogP contribution is -2.17. The zero-order valence-corrected chi connectivity index (χ0v) is 13.2. The van der Waals surface area contributed by atoms with Crippen molar-refractivity contribution in [3.05, 3.63) is 51.7 Å². The highest BCUT2D eigenvalue weighted by Crippen LogP contribution is 2.26. The molecule has 0 bridgehead atoms. The average Bonchev–Trinajstić information content (AvgIpc) is 2.42. The Hall–Kier alpha value is -1.14. The van der Waals surface area contributed by atoms with Gasteiger partial charge in [0.05, 0.1) is 3.57 Å². The van der Waals surface area contributed by atoms with E-state index in [1.54, 1.807) is 6.20 Å². The van der Waals surface area contributed by atoms with E-state index in [-0.39, 0.29) is 0 Å². The van der Waals surface area contributed by atoms with Crippen LogP contribution in [0.3, 0.4) is 0 Å². The maximum absolute atomic E-state index is 5.83. The van der Waals surface area contributed by atoms with Gasteiger partial charge in [0, 0.05) is 18.3 Å². The summed E-state index contributed by atoms with van der Waals surface area (Å²) in [5, 5.41) is 3.38. The van der Waals surface area contributed by atoms with Crippen LogP contribution in [0.4, 0.5) is 0 Å². The number of benzene rings is 1. The smallest absolute Gasteiger partial charge is 0.219 e. The molecule has 0 aliphatic rings. The lowest BCUT2D eigenvalue weighted by Gasteiger charge is -2.13. The lowest BCUT2D eigenvalue weighted by atomic mass is 10.1. The first-order chi connectivity index (χ1) is 9.20. The van der Waals surface area contributed by atoms with Crippen LogP contribution in [0.15, 0.2) is 42.6 Å². The molecule has 1 heterocycles. The number of nitrogens with zero attached hydrogens (tertiary/aromatic N) is 1. The van der Waals surface area contributed by atoms with Gasteiger partial charge in [-0.05, 0) is 59.8 Å². The minimum Gasteiger partial charge on any atom is -0.438 e. The Bertz CT molecular complexity index is 545. The van der Waals surface area contributed by atoms with Crippen molar-refractivity contribution in [3.63, 3.8) is 0 Å². The van der Waals surface area contributed by atoms with Gasteiger partial charge in [0.25, 0.3) is 0 Å². The van der Waals surface area contributed by atoms with Gasteiger partial charge in [-0.2, -0.15) is 0 Å². The highest BCUT2D eigenvalue weighted by Gasteiger charge is 2.07. The number of ether oxygens (including phenoxy) is 1. The van der Waals surface area contributed by atoms with Gasteiger partial charge < -0.3 is 10.1 Å². The number of aromatic nitrogens is 1. The second-order valence-corrected chi connectivity index (χ2v) is 5.40. The normalized spacial score (nSPS) is 12.2. The van der Waals surface area contributed by atoms with Crippen LogP contribution < -0.4 is 10.1 Å². The van der Waals surface area contributed by atoms with Crippen molar-refractivity contribution in [3.8, 4) is 11.6 Å². The molecule has 0 fully saturated rings. The first-order valence-corrected chi connectivity index (χ1v) is 7.40.